The predicted octanol–water partition coefficient (Wildman–Crippen LogP) is 3.30. The summed E-state index contributed by atoms with van der Waals surface area (Å²) < 4.78 is 0. The summed E-state index contributed by atoms with van der Waals surface area (Å²) in [5.41, 5.74) is 1.28. The van der Waals surface area contributed by atoms with Crippen LogP contribution in [0.5, 0.6) is 0 Å². The van der Waals surface area contributed by atoms with Crippen LogP contribution in [0.25, 0.3) is 0 Å². The molecule has 3 heteroatoms. The van der Waals surface area contributed by atoms with Gasteiger partial charge in [0.1, 0.15) is 5.41 Å². The van der Waals surface area contributed by atoms with E-state index in [2.05, 4.69) is 12.1 Å². The van der Waals surface area contributed by atoms with Crippen LogP contribution in [0.3, 0.4) is 0 Å². The molecule has 0 bridgehead atoms. The summed E-state index contributed by atoms with van der Waals surface area (Å²) in [4.78, 5) is 14.5. The number of para-hydroxylation sites is 1. The molecule has 0 N–H and O–H groups in total. The fourth-order valence-electron chi connectivity index (χ4n) is 2.48. The minimum absolute atomic E-state index is 0.0631. The number of fused-ring (bicyclic) bond motifs is 1. The molecule has 1 heterocycles. The van der Waals surface area contributed by atoms with Crippen molar-refractivity contribution in [2.45, 2.75) is 39.5 Å². The van der Waals surface area contributed by atoms with Crippen LogP contribution in [0.1, 0.15) is 38.7 Å². The summed E-state index contributed by atoms with van der Waals surface area (Å²) in [6, 6.07) is 10.2. The van der Waals surface area contributed by atoms with Crippen molar-refractivity contribution in [2.24, 2.45) is 5.41 Å². The topological polar surface area (TPSA) is 44.1 Å². The van der Waals surface area contributed by atoms with Crippen LogP contribution in [0.15, 0.2) is 24.3 Å². The highest BCUT2D eigenvalue weighted by Gasteiger charge is 2.36. The van der Waals surface area contributed by atoms with E-state index in [4.69, 9.17) is 0 Å². The third-order valence-corrected chi connectivity index (χ3v) is 4.03. The average molecular weight is 256 g/mol. The van der Waals surface area contributed by atoms with Gasteiger partial charge in [-0.05, 0) is 44.2 Å². The highest BCUT2D eigenvalue weighted by atomic mass is 16.2. The average Bonchev–Trinajstić information content (AvgIpc) is 2.68. The first-order valence-electron chi connectivity index (χ1n) is 6.93. The van der Waals surface area contributed by atoms with Crippen molar-refractivity contribution in [3.8, 4) is 6.07 Å². The zero-order valence-corrected chi connectivity index (χ0v) is 11.6. The third-order valence-electron chi connectivity index (χ3n) is 4.03. The fourth-order valence-corrected chi connectivity index (χ4v) is 2.48. The Bertz CT molecular complexity index is 518. The molecule has 1 atom stereocenters. The van der Waals surface area contributed by atoms with Gasteiger partial charge in [0.25, 0.3) is 0 Å². The summed E-state index contributed by atoms with van der Waals surface area (Å²) in [5.74, 6) is -0.0631. The SMILES string of the molecule is CCC(C)(C#N)C(=O)N1CCCCc2ccccc21. The van der Waals surface area contributed by atoms with E-state index in [0.717, 1.165) is 24.9 Å². The van der Waals surface area contributed by atoms with Crippen molar-refractivity contribution in [3.05, 3.63) is 29.8 Å². The molecule has 2 rings (SSSR count). The van der Waals surface area contributed by atoms with Gasteiger partial charge in [-0.3, -0.25) is 4.79 Å². The van der Waals surface area contributed by atoms with Gasteiger partial charge in [-0.2, -0.15) is 5.26 Å². The Kier molecular flexibility index (Phi) is 3.90. The Labute approximate surface area is 114 Å². The van der Waals surface area contributed by atoms with Gasteiger partial charge >= 0.3 is 0 Å². The van der Waals surface area contributed by atoms with Crippen molar-refractivity contribution in [1.82, 2.24) is 0 Å². The summed E-state index contributed by atoms with van der Waals surface area (Å²) >= 11 is 0. The Morgan fingerprint density at radius 2 is 2.16 bits per heavy atom. The number of hydrogen-bond donors (Lipinski definition) is 0. The monoisotopic (exact) mass is 256 g/mol. The molecule has 100 valence electrons. The molecule has 0 radical (unpaired) electrons. The lowest BCUT2D eigenvalue weighted by Gasteiger charge is -2.29. The number of rotatable bonds is 2. The maximum atomic E-state index is 12.7. The predicted molar refractivity (Wildman–Crippen MR) is 75.7 cm³/mol. The van der Waals surface area contributed by atoms with Gasteiger partial charge in [0.15, 0.2) is 0 Å². The van der Waals surface area contributed by atoms with Crippen LogP contribution in [0, 0.1) is 16.7 Å². The van der Waals surface area contributed by atoms with Crippen molar-refractivity contribution in [2.75, 3.05) is 11.4 Å². The van der Waals surface area contributed by atoms with E-state index in [1.54, 1.807) is 6.92 Å². The standard InChI is InChI=1S/C16H20N2O/c1-3-16(2,12-17)15(19)18-11-7-6-9-13-8-4-5-10-14(13)18/h4-5,8,10H,3,6-7,9,11H2,1-2H3. The molecule has 19 heavy (non-hydrogen) atoms. The lowest BCUT2D eigenvalue weighted by Crippen LogP contribution is -2.42. The molecule has 1 aromatic carbocycles. The van der Waals surface area contributed by atoms with Gasteiger partial charge in [-0.25, -0.2) is 0 Å². The Hall–Kier alpha value is -1.82. The Morgan fingerprint density at radius 3 is 2.84 bits per heavy atom. The molecule has 0 fully saturated rings. The highest BCUT2D eigenvalue weighted by Crippen LogP contribution is 2.31. The molecule has 1 aromatic rings. The van der Waals surface area contributed by atoms with E-state index in [0.29, 0.717) is 13.0 Å². The van der Waals surface area contributed by atoms with Crippen molar-refractivity contribution in [3.63, 3.8) is 0 Å². The Balaban J connectivity index is 2.40. The number of anilines is 1. The zero-order valence-electron chi connectivity index (χ0n) is 11.6. The molecule has 1 aliphatic heterocycles. The lowest BCUT2D eigenvalue weighted by atomic mass is 9.87. The molecular formula is C16H20N2O. The van der Waals surface area contributed by atoms with Gasteiger partial charge < -0.3 is 4.90 Å². The Morgan fingerprint density at radius 1 is 1.42 bits per heavy atom. The molecule has 0 aliphatic carbocycles. The maximum absolute atomic E-state index is 12.7. The second kappa shape index (κ2) is 5.44. The summed E-state index contributed by atoms with van der Waals surface area (Å²) in [6.45, 7) is 4.35. The summed E-state index contributed by atoms with van der Waals surface area (Å²) in [7, 11) is 0. The van der Waals surface area contributed by atoms with E-state index in [9.17, 15) is 10.1 Å². The number of benzene rings is 1. The number of amides is 1. The van der Waals surface area contributed by atoms with Gasteiger partial charge in [0, 0.05) is 12.2 Å². The van der Waals surface area contributed by atoms with Crippen LogP contribution in [0.4, 0.5) is 5.69 Å². The molecule has 0 aromatic heterocycles. The van der Waals surface area contributed by atoms with E-state index in [-0.39, 0.29) is 5.91 Å². The number of carbonyl (C=O) groups excluding carboxylic acids is 1. The quantitative estimate of drug-likeness (QED) is 0.815. The molecule has 1 unspecified atom stereocenters. The first-order valence-corrected chi connectivity index (χ1v) is 6.93. The van der Waals surface area contributed by atoms with Gasteiger partial charge in [-0.1, -0.05) is 25.1 Å². The van der Waals surface area contributed by atoms with Crippen LogP contribution < -0.4 is 4.90 Å². The van der Waals surface area contributed by atoms with E-state index in [1.807, 2.05) is 30.0 Å². The number of carbonyl (C=O) groups is 1. The van der Waals surface area contributed by atoms with Gasteiger partial charge in [0.2, 0.25) is 5.91 Å². The maximum Gasteiger partial charge on any atom is 0.247 e. The van der Waals surface area contributed by atoms with Crippen LogP contribution in [-0.2, 0) is 11.2 Å². The second-order valence-electron chi connectivity index (χ2n) is 5.34. The molecule has 0 saturated heterocycles. The number of hydrogen-bond acceptors (Lipinski definition) is 2. The van der Waals surface area contributed by atoms with E-state index in [1.165, 1.54) is 5.56 Å². The minimum Gasteiger partial charge on any atom is -0.311 e. The first-order chi connectivity index (χ1) is 9.12. The summed E-state index contributed by atoms with van der Waals surface area (Å²) in [6.07, 6.45) is 3.64. The molecular weight excluding hydrogens is 236 g/mol. The lowest BCUT2D eigenvalue weighted by molar-refractivity contribution is -0.124. The fraction of sp³-hybridized carbons (Fsp3) is 0.500. The van der Waals surface area contributed by atoms with Crippen LogP contribution >= 0.6 is 0 Å². The van der Waals surface area contributed by atoms with Gasteiger partial charge in [0.05, 0.1) is 6.07 Å². The second-order valence-corrected chi connectivity index (χ2v) is 5.34. The minimum atomic E-state index is -0.919. The molecule has 1 amide bonds. The van der Waals surface area contributed by atoms with Crippen molar-refractivity contribution < 1.29 is 4.79 Å². The van der Waals surface area contributed by atoms with E-state index >= 15 is 0 Å². The molecule has 0 spiro atoms. The van der Waals surface area contributed by atoms with Gasteiger partial charge in [-0.15, -0.1) is 0 Å². The zero-order chi connectivity index (χ0) is 13.9. The largest absolute Gasteiger partial charge is 0.311 e. The third kappa shape index (κ3) is 2.49. The smallest absolute Gasteiger partial charge is 0.247 e. The number of aryl methyl sites for hydroxylation is 1. The molecule has 3 nitrogen and oxygen atoms in total. The first kappa shape index (κ1) is 13.6. The highest BCUT2D eigenvalue weighted by molar-refractivity contribution is 5.99. The van der Waals surface area contributed by atoms with Crippen molar-refractivity contribution >= 4 is 11.6 Å². The number of nitriles is 1. The van der Waals surface area contributed by atoms with Crippen LogP contribution in [0.2, 0.25) is 0 Å². The number of nitrogens with zero attached hydrogens (tertiary/aromatic N) is 2. The molecule has 1 aliphatic rings. The van der Waals surface area contributed by atoms with E-state index < -0.39 is 5.41 Å². The van der Waals surface area contributed by atoms with Crippen molar-refractivity contribution in [1.29, 1.82) is 5.26 Å². The normalized spacial score (nSPS) is 17.8. The van der Waals surface area contributed by atoms with Crippen LogP contribution in [-0.4, -0.2) is 12.5 Å². The summed E-state index contributed by atoms with van der Waals surface area (Å²) in [5, 5.41) is 9.31. The molecule has 0 saturated carbocycles.